The molecule has 0 radical (unpaired) electrons. The van der Waals surface area contributed by atoms with Crippen molar-refractivity contribution >= 4 is 28.9 Å². The lowest BCUT2D eigenvalue weighted by molar-refractivity contribution is 0.0996. The SMILES string of the molecule is CN=C(NCc1ccc(NC(=O)c2ccco2)cc1)NCc1nc(C(C)C)cs1. The number of hydrogen-bond acceptors (Lipinski definition) is 5. The van der Waals surface area contributed by atoms with Crippen LogP contribution in [0, 0.1) is 0 Å². The summed E-state index contributed by atoms with van der Waals surface area (Å²) in [7, 11) is 1.74. The van der Waals surface area contributed by atoms with Crippen LogP contribution in [-0.4, -0.2) is 23.9 Å². The van der Waals surface area contributed by atoms with Gasteiger partial charge >= 0.3 is 0 Å². The molecule has 29 heavy (non-hydrogen) atoms. The van der Waals surface area contributed by atoms with E-state index in [9.17, 15) is 4.79 Å². The Balaban J connectivity index is 1.47. The van der Waals surface area contributed by atoms with Crippen molar-refractivity contribution in [1.82, 2.24) is 15.6 Å². The van der Waals surface area contributed by atoms with Crippen LogP contribution >= 0.6 is 11.3 Å². The molecule has 7 nitrogen and oxygen atoms in total. The Morgan fingerprint density at radius 3 is 2.55 bits per heavy atom. The summed E-state index contributed by atoms with van der Waals surface area (Å²) >= 11 is 1.65. The molecule has 0 saturated heterocycles. The van der Waals surface area contributed by atoms with E-state index >= 15 is 0 Å². The Labute approximate surface area is 174 Å². The molecule has 3 rings (SSSR count). The Morgan fingerprint density at radius 2 is 1.93 bits per heavy atom. The van der Waals surface area contributed by atoms with E-state index in [-0.39, 0.29) is 11.7 Å². The topological polar surface area (TPSA) is 91.5 Å². The first kappa shape index (κ1) is 20.6. The zero-order valence-corrected chi connectivity index (χ0v) is 17.5. The van der Waals surface area contributed by atoms with Gasteiger partial charge in [-0.05, 0) is 35.7 Å². The van der Waals surface area contributed by atoms with Crippen LogP contribution in [0.15, 0.2) is 57.5 Å². The van der Waals surface area contributed by atoms with E-state index in [0.717, 1.165) is 16.3 Å². The summed E-state index contributed by atoms with van der Waals surface area (Å²) < 4.78 is 5.09. The van der Waals surface area contributed by atoms with E-state index in [0.29, 0.717) is 30.7 Å². The van der Waals surface area contributed by atoms with Gasteiger partial charge in [0.15, 0.2) is 11.7 Å². The van der Waals surface area contributed by atoms with Crippen molar-refractivity contribution in [2.45, 2.75) is 32.9 Å². The number of hydrogen-bond donors (Lipinski definition) is 3. The smallest absolute Gasteiger partial charge is 0.291 e. The minimum absolute atomic E-state index is 0.270. The van der Waals surface area contributed by atoms with Gasteiger partial charge in [0.2, 0.25) is 0 Å². The Bertz CT molecular complexity index is 946. The number of furan rings is 1. The van der Waals surface area contributed by atoms with Gasteiger partial charge < -0.3 is 20.4 Å². The largest absolute Gasteiger partial charge is 0.459 e. The molecule has 1 amide bonds. The van der Waals surface area contributed by atoms with Crippen LogP contribution in [0.4, 0.5) is 5.69 Å². The predicted molar refractivity (Wildman–Crippen MR) is 116 cm³/mol. The highest BCUT2D eigenvalue weighted by atomic mass is 32.1. The third-order valence-corrected chi connectivity index (χ3v) is 5.08. The fourth-order valence-electron chi connectivity index (χ4n) is 2.54. The first-order valence-corrected chi connectivity index (χ1v) is 10.3. The van der Waals surface area contributed by atoms with Gasteiger partial charge in [-0.3, -0.25) is 9.79 Å². The number of nitrogens with zero attached hydrogens (tertiary/aromatic N) is 2. The second kappa shape index (κ2) is 9.88. The third kappa shape index (κ3) is 5.92. The molecule has 0 saturated carbocycles. The molecule has 0 spiro atoms. The number of rotatable bonds is 7. The van der Waals surface area contributed by atoms with Crippen molar-refractivity contribution in [2.24, 2.45) is 4.99 Å². The molecule has 0 aliphatic carbocycles. The molecule has 8 heteroatoms. The van der Waals surface area contributed by atoms with Crippen LogP contribution in [0.5, 0.6) is 0 Å². The van der Waals surface area contributed by atoms with Gasteiger partial charge in [0.05, 0.1) is 18.5 Å². The summed E-state index contributed by atoms with van der Waals surface area (Å²) in [6, 6.07) is 10.9. The average molecular weight is 412 g/mol. The molecular weight excluding hydrogens is 386 g/mol. The fourth-order valence-corrected chi connectivity index (χ4v) is 3.44. The van der Waals surface area contributed by atoms with Crippen molar-refractivity contribution in [3.63, 3.8) is 0 Å². The first-order valence-electron chi connectivity index (χ1n) is 9.37. The molecular formula is C21H25N5O2S. The molecule has 0 atom stereocenters. The second-order valence-corrected chi connectivity index (χ2v) is 7.67. The highest BCUT2D eigenvalue weighted by molar-refractivity contribution is 7.09. The lowest BCUT2D eigenvalue weighted by Crippen LogP contribution is -2.36. The van der Waals surface area contributed by atoms with Gasteiger partial charge in [-0.1, -0.05) is 26.0 Å². The average Bonchev–Trinajstić information content (AvgIpc) is 3.41. The number of anilines is 1. The maximum Gasteiger partial charge on any atom is 0.291 e. The zero-order valence-electron chi connectivity index (χ0n) is 16.7. The van der Waals surface area contributed by atoms with Crippen LogP contribution in [0.25, 0.3) is 0 Å². The summed E-state index contributed by atoms with van der Waals surface area (Å²) in [4.78, 5) is 20.9. The summed E-state index contributed by atoms with van der Waals surface area (Å²) in [5.74, 6) is 1.16. The Kier molecular flexibility index (Phi) is 7.02. The van der Waals surface area contributed by atoms with Crippen molar-refractivity contribution in [1.29, 1.82) is 0 Å². The number of nitrogens with one attached hydrogen (secondary N) is 3. The van der Waals surface area contributed by atoms with Gasteiger partial charge in [0.25, 0.3) is 5.91 Å². The highest BCUT2D eigenvalue weighted by Crippen LogP contribution is 2.17. The molecule has 0 unspecified atom stereocenters. The highest BCUT2D eigenvalue weighted by Gasteiger charge is 2.09. The maximum absolute atomic E-state index is 12.0. The van der Waals surface area contributed by atoms with Crippen molar-refractivity contribution < 1.29 is 9.21 Å². The van der Waals surface area contributed by atoms with Crippen molar-refractivity contribution in [3.8, 4) is 0 Å². The number of carbonyl (C=O) groups excluding carboxylic acids is 1. The van der Waals surface area contributed by atoms with Crippen LogP contribution < -0.4 is 16.0 Å². The molecule has 1 aromatic carbocycles. The van der Waals surface area contributed by atoms with Crippen molar-refractivity contribution in [2.75, 3.05) is 12.4 Å². The van der Waals surface area contributed by atoms with Crippen molar-refractivity contribution in [3.05, 3.63) is 70.1 Å². The summed E-state index contributed by atoms with van der Waals surface area (Å²) in [5.41, 5.74) is 2.90. The number of aromatic nitrogens is 1. The summed E-state index contributed by atoms with van der Waals surface area (Å²) in [6.07, 6.45) is 1.47. The molecule has 0 aliphatic rings. The Hall–Kier alpha value is -3.13. The lowest BCUT2D eigenvalue weighted by Gasteiger charge is -2.11. The zero-order chi connectivity index (χ0) is 20.6. The standard InChI is InChI=1S/C21H25N5O2S/c1-14(2)17-13-29-19(26-17)12-24-21(22-3)23-11-15-6-8-16(9-7-15)25-20(27)18-5-4-10-28-18/h4-10,13-14H,11-12H2,1-3H3,(H,25,27)(H2,22,23,24). The molecule has 2 heterocycles. The van der Waals surface area contributed by atoms with Gasteiger partial charge in [-0.2, -0.15) is 0 Å². The molecule has 3 aromatic rings. The molecule has 2 aromatic heterocycles. The third-order valence-electron chi connectivity index (χ3n) is 4.21. The monoisotopic (exact) mass is 411 g/mol. The number of thiazole rings is 1. The number of guanidine groups is 1. The molecule has 0 fully saturated rings. The van der Waals surface area contributed by atoms with Gasteiger partial charge in [-0.15, -0.1) is 11.3 Å². The van der Waals surface area contributed by atoms with Gasteiger partial charge in [0, 0.05) is 24.7 Å². The van der Waals surface area contributed by atoms with Crippen LogP contribution in [0.1, 0.15) is 46.6 Å². The predicted octanol–water partition coefficient (Wildman–Crippen LogP) is 3.98. The molecule has 0 aliphatic heterocycles. The van der Waals surface area contributed by atoms with Crippen LogP contribution in [0.2, 0.25) is 0 Å². The molecule has 3 N–H and O–H groups in total. The second-order valence-electron chi connectivity index (χ2n) is 6.73. The first-order chi connectivity index (χ1) is 14.0. The lowest BCUT2D eigenvalue weighted by atomic mass is 10.2. The molecule has 152 valence electrons. The number of benzene rings is 1. The van der Waals surface area contributed by atoms with Crippen LogP contribution in [0.3, 0.4) is 0 Å². The van der Waals surface area contributed by atoms with Gasteiger partial charge in [0.1, 0.15) is 5.01 Å². The fraction of sp³-hybridized carbons (Fsp3) is 0.286. The van der Waals surface area contributed by atoms with E-state index in [1.165, 1.54) is 6.26 Å². The molecule has 0 bridgehead atoms. The number of carbonyl (C=O) groups is 1. The van der Waals surface area contributed by atoms with E-state index in [2.05, 4.69) is 45.2 Å². The number of amides is 1. The number of aliphatic imine (C=N–C) groups is 1. The maximum atomic E-state index is 12.0. The summed E-state index contributed by atoms with van der Waals surface area (Å²) in [6.45, 7) is 5.52. The minimum Gasteiger partial charge on any atom is -0.459 e. The van der Waals surface area contributed by atoms with Gasteiger partial charge in [-0.25, -0.2) is 4.98 Å². The van der Waals surface area contributed by atoms with E-state index < -0.39 is 0 Å². The minimum atomic E-state index is -0.270. The van der Waals surface area contributed by atoms with E-state index in [4.69, 9.17) is 4.42 Å². The summed E-state index contributed by atoms with van der Waals surface area (Å²) in [5, 5.41) is 12.5. The van der Waals surface area contributed by atoms with E-state index in [1.807, 2.05) is 24.3 Å². The van der Waals surface area contributed by atoms with E-state index in [1.54, 1.807) is 30.5 Å². The Morgan fingerprint density at radius 1 is 1.17 bits per heavy atom. The van der Waals surface area contributed by atoms with Crippen LogP contribution in [-0.2, 0) is 13.1 Å². The normalized spacial score (nSPS) is 11.5. The quantitative estimate of drug-likeness (QED) is 0.404.